The highest BCUT2D eigenvalue weighted by atomic mass is 16.5. The van der Waals surface area contributed by atoms with E-state index in [0.717, 1.165) is 25.3 Å². The fourth-order valence-electron chi connectivity index (χ4n) is 3.10. The summed E-state index contributed by atoms with van der Waals surface area (Å²) >= 11 is 0. The van der Waals surface area contributed by atoms with Gasteiger partial charge in [-0.05, 0) is 6.42 Å². The first-order valence-electron chi connectivity index (χ1n) is 7.16. The monoisotopic (exact) mass is 292 g/mol. The number of aromatic nitrogens is 2. The average Bonchev–Trinajstić information content (AvgIpc) is 3.05. The van der Waals surface area contributed by atoms with E-state index in [1.54, 1.807) is 14.2 Å². The van der Waals surface area contributed by atoms with Crippen LogP contribution in [-0.4, -0.2) is 55.3 Å². The van der Waals surface area contributed by atoms with Crippen LogP contribution in [0.4, 0.5) is 5.82 Å². The highest BCUT2D eigenvalue weighted by Crippen LogP contribution is 2.36. The first-order chi connectivity index (χ1) is 10.2. The number of nitrogens with zero attached hydrogens (tertiary/aromatic N) is 3. The van der Waals surface area contributed by atoms with Crippen LogP contribution in [0.15, 0.2) is 12.4 Å². The normalized spacial score (nSPS) is 27.5. The van der Waals surface area contributed by atoms with E-state index in [0.29, 0.717) is 18.2 Å². The number of hydrogen-bond acceptors (Lipinski definition) is 6. The molecule has 3 atom stereocenters. The molecule has 0 radical (unpaired) electrons. The van der Waals surface area contributed by atoms with Crippen LogP contribution in [0.2, 0.25) is 0 Å². The Morgan fingerprint density at radius 2 is 2.38 bits per heavy atom. The summed E-state index contributed by atoms with van der Waals surface area (Å²) in [6, 6.07) is 1.84. The number of carbonyl (C=O) groups is 1. The maximum absolute atomic E-state index is 11.4. The van der Waals surface area contributed by atoms with E-state index in [1.807, 2.05) is 6.07 Å². The molecule has 114 valence electrons. The lowest BCUT2D eigenvalue weighted by molar-refractivity contribution is -0.123. The zero-order valence-corrected chi connectivity index (χ0v) is 12.3. The molecule has 2 aliphatic rings. The van der Waals surface area contributed by atoms with Crippen LogP contribution in [0.1, 0.15) is 12.8 Å². The Balaban J connectivity index is 1.60. The molecule has 1 aromatic heterocycles. The van der Waals surface area contributed by atoms with Crippen molar-refractivity contribution in [2.75, 3.05) is 32.1 Å². The van der Waals surface area contributed by atoms with Gasteiger partial charge in [-0.15, -0.1) is 0 Å². The zero-order chi connectivity index (χ0) is 14.8. The molecule has 0 spiro atoms. The largest absolute Gasteiger partial charge is 0.481 e. The van der Waals surface area contributed by atoms with Gasteiger partial charge in [0.05, 0.1) is 25.7 Å². The maximum Gasteiger partial charge on any atom is 0.222 e. The Labute approximate surface area is 123 Å². The molecule has 2 aliphatic heterocycles. The predicted octanol–water partition coefficient (Wildman–Crippen LogP) is 0.215. The number of hydrogen-bond donors (Lipinski definition) is 1. The Morgan fingerprint density at radius 1 is 1.52 bits per heavy atom. The summed E-state index contributed by atoms with van der Waals surface area (Å²) in [6.07, 6.45) is 3.11. The molecule has 1 amide bonds. The molecule has 21 heavy (non-hydrogen) atoms. The Hall–Kier alpha value is -1.89. The first kappa shape index (κ1) is 14.1. The lowest BCUT2D eigenvalue weighted by Crippen LogP contribution is -2.28. The molecular formula is C14H20N4O3. The third-order valence-electron chi connectivity index (χ3n) is 4.17. The van der Waals surface area contributed by atoms with Crippen LogP contribution in [0.5, 0.6) is 5.88 Å². The number of anilines is 1. The van der Waals surface area contributed by atoms with Crippen molar-refractivity contribution in [3.8, 4) is 5.88 Å². The van der Waals surface area contributed by atoms with Gasteiger partial charge in [0.25, 0.3) is 0 Å². The van der Waals surface area contributed by atoms with Crippen LogP contribution in [-0.2, 0) is 9.53 Å². The summed E-state index contributed by atoms with van der Waals surface area (Å²) in [5.41, 5.74) is 0. The molecule has 0 saturated carbocycles. The Kier molecular flexibility index (Phi) is 3.92. The van der Waals surface area contributed by atoms with E-state index in [4.69, 9.17) is 9.47 Å². The minimum Gasteiger partial charge on any atom is -0.481 e. The highest BCUT2D eigenvalue weighted by molar-refractivity contribution is 5.76. The molecule has 0 bridgehead atoms. The quantitative estimate of drug-likeness (QED) is 0.855. The fourth-order valence-corrected chi connectivity index (χ4v) is 3.10. The smallest absolute Gasteiger partial charge is 0.222 e. The SMILES string of the molecule is CNC(=O)C[C@@H]1C[C@H]2CN(c3cc(OC)ncn3)C[C@H]2O1. The zero-order valence-electron chi connectivity index (χ0n) is 12.3. The minimum absolute atomic E-state index is 0.0392. The molecule has 1 N–H and O–H groups in total. The second kappa shape index (κ2) is 5.85. The summed E-state index contributed by atoms with van der Waals surface area (Å²) in [6.45, 7) is 1.70. The van der Waals surface area contributed by atoms with Crippen molar-refractivity contribution in [2.24, 2.45) is 5.92 Å². The number of rotatable bonds is 4. The summed E-state index contributed by atoms with van der Waals surface area (Å²) in [5, 5.41) is 2.64. The van der Waals surface area contributed by atoms with Crippen molar-refractivity contribution in [3.63, 3.8) is 0 Å². The van der Waals surface area contributed by atoms with Gasteiger partial charge >= 0.3 is 0 Å². The van der Waals surface area contributed by atoms with Gasteiger partial charge in [-0.3, -0.25) is 4.79 Å². The van der Waals surface area contributed by atoms with Gasteiger partial charge in [0, 0.05) is 32.1 Å². The molecule has 2 saturated heterocycles. The van der Waals surface area contributed by atoms with E-state index in [1.165, 1.54) is 6.33 Å². The van der Waals surface area contributed by atoms with Crippen LogP contribution >= 0.6 is 0 Å². The van der Waals surface area contributed by atoms with Gasteiger partial charge in [-0.2, -0.15) is 0 Å². The highest BCUT2D eigenvalue weighted by Gasteiger charge is 2.42. The summed E-state index contributed by atoms with van der Waals surface area (Å²) in [7, 11) is 3.25. The van der Waals surface area contributed by atoms with Gasteiger partial charge < -0.3 is 19.7 Å². The number of amides is 1. The second-order valence-corrected chi connectivity index (χ2v) is 5.49. The van der Waals surface area contributed by atoms with E-state index in [9.17, 15) is 4.79 Å². The van der Waals surface area contributed by atoms with Crippen LogP contribution in [0, 0.1) is 5.92 Å². The van der Waals surface area contributed by atoms with Crippen molar-refractivity contribution in [2.45, 2.75) is 25.0 Å². The minimum atomic E-state index is 0.0392. The van der Waals surface area contributed by atoms with Gasteiger partial charge in [0.1, 0.15) is 12.1 Å². The van der Waals surface area contributed by atoms with Crippen molar-refractivity contribution in [1.29, 1.82) is 0 Å². The molecule has 0 unspecified atom stereocenters. The van der Waals surface area contributed by atoms with Gasteiger partial charge in [-0.1, -0.05) is 0 Å². The number of carbonyl (C=O) groups excluding carboxylic acids is 1. The lowest BCUT2D eigenvalue weighted by atomic mass is 10.0. The Morgan fingerprint density at radius 3 is 3.10 bits per heavy atom. The second-order valence-electron chi connectivity index (χ2n) is 5.49. The maximum atomic E-state index is 11.4. The van der Waals surface area contributed by atoms with Gasteiger partial charge in [-0.25, -0.2) is 9.97 Å². The van der Waals surface area contributed by atoms with Crippen molar-refractivity contribution in [1.82, 2.24) is 15.3 Å². The number of nitrogens with one attached hydrogen (secondary N) is 1. The van der Waals surface area contributed by atoms with Crippen molar-refractivity contribution >= 4 is 11.7 Å². The van der Waals surface area contributed by atoms with Crippen molar-refractivity contribution in [3.05, 3.63) is 12.4 Å². The number of fused-ring (bicyclic) bond motifs is 1. The molecule has 0 aliphatic carbocycles. The molecular weight excluding hydrogens is 272 g/mol. The molecule has 3 heterocycles. The lowest BCUT2D eigenvalue weighted by Gasteiger charge is -2.20. The third-order valence-corrected chi connectivity index (χ3v) is 4.17. The fraction of sp³-hybridized carbons (Fsp3) is 0.643. The average molecular weight is 292 g/mol. The van der Waals surface area contributed by atoms with Gasteiger partial charge in [0.2, 0.25) is 11.8 Å². The van der Waals surface area contributed by atoms with E-state index >= 15 is 0 Å². The van der Waals surface area contributed by atoms with E-state index < -0.39 is 0 Å². The van der Waals surface area contributed by atoms with Crippen LogP contribution < -0.4 is 15.0 Å². The van der Waals surface area contributed by atoms with Crippen molar-refractivity contribution < 1.29 is 14.3 Å². The standard InChI is InChI=1S/C14H20N4O3/c1-15-13(19)4-10-3-9-6-18(7-11(9)21-10)12-5-14(20-2)17-8-16-12/h5,8-11H,3-4,6-7H2,1-2H3,(H,15,19)/t9-,10-,11+/m0/s1. The predicted molar refractivity (Wildman–Crippen MR) is 76.2 cm³/mol. The molecule has 3 rings (SSSR count). The summed E-state index contributed by atoms with van der Waals surface area (Å²) in [5.74, 6) is 1.93. The van der Waals surface area contributed by atoms with E-state index in [-0.39, 0.29) is 18.1 Å². The topological polar surface area (TPSA) is 76.6 Å². The van der Waals surface area contributed by atoms with Crippen LogP contribution in [0.25, 0.3) is 0 Å². The first-order valence-corrected chi connectivity index (χ1v) is 7.16. The number of methoxy groups -OCH3 is 1. The molecule has 7 nitrogen and oxygen atoms in total. The van der Waals surface area contributed by atoms with Gasteiger partial charge in [0.15, 0.2) is 0 Å². The van der Waals surface area contributed by atoms with E-state index in [2.05, 4.69) is 20.2 Å². The van der Waals surface area contributed by atoms with Crippen LogP contribution in [0.3, 0.4) is 0 Å². The number of ether oxygens (including phenoxy) is 2. The summed E-state index contributed by atoms with van der Waals surface area (Å²) < 4.78 is 11.1. The molecule has 0 aromatic carbocycles. The third kappa shape index (κ3) is 2.92. The molecule has 1 aromatic rings. The summed E-state index contributed by atoms with van der Waals surface area (Å²) in [4.78, 5) is 21.9. The Bertz CT molecular complexity index is 511. The molecule has 7 heteroatoms. The molecule has 2 fully saturated rings.